The zero-order chi connectivity index (χ0) is 21.8. The summed E-state index contributed by atoms with van der Waals surface area (Å²) < 4.78 is 10.5. The Morgan fingerprint density at radius 1 is 1.32 bits per heavy atom. The molecule has 1 aliphatic rings. The van der Waals surface area contributed by atoms with Gasteiger partial charge in [0, 0.05) is 10.4 Å². The van der Waals surface area contributed by atoms with Crippen molar-refractivity contribution in [3.05, 3.63) is 63.1 Å². The number of hydrogen-bond acceptors (Lipinski definition) is 7. The summed E-state index contributed by atoms with van der Waals surface area (Å²) in [6.45, 7) is 5.91. The van der Waals surface area contributed by atoms with E-state index in [-0.39, 0.29) is 23.8 Å². The molecule has 1 amide bonds. The fraction of sp³-hybridized carbons (Fsp3) is 0.391. The van der Waals surface area contributed by atoms with Crippen LogP contribution in [0.2, 0.25) is 0 Å². The molecule has 1 fully saturated rings. The number of piperidine rings is 1. The molecule has 1 atom stereocenters. The van der Waals surface area contributed by atoms with Gasteiger partial charge in [0.25, 0.3) is 5.91 Å². The summed E-state index contributed by atoms with van der Waals surface area (Å²) in [4.78, 5) is 28.3. The Kier molecular flexibility index (Phi) is 6.89. The first-order chi connectivity index (χ1) is 15.1. The number of carbonyl (C=O) groups excluding carboxylic acids is 2. The van der Waals surface area contributed by atoms with Crippen LogP contribution in [0.25, 0.3) is 0 Å². The number of ether oxygens (including phenoxy) is 1. The number of rotatable bonds is 7. The molecule has 0 radical (unpaired) electrons. The van der Waals surface area contributed by atoms with E-state index in [2.05, 4.69) is 33.1 Å². The highest BCUT2D eigenvalue weighted by atomic mass is 32.1. The molecule has 3 aromatic rings. The standard InChI is InChI=1S/C23H26N2O4S2/c1-3-28-23(27)16-6-9-25(10-7-16)20(17-8-12-30-14-17)18-13-15(2)31-22(18)24-21(26)19-5-4-11-29-19/h4-5,8,11-14,16,20H,3,6-7,9-10H2,1-2H3,(H,24,26). The largest absolute Gasteiger partial charge is 0.466 e. The first-order valence-corrected chi connectivity index (χ1v) is 12.2. The predicted octanol–water partition coefficient (Wildman–Crippen LogP) is 5.33. The van der Waals surface area contributed by atoms with E-state index in [1.165, 1.54) is 11.8 Å². The van der Waals surface area contributed by atoms with Gasteiger partial charge in [0.15, 0.2) is 5.76 Å². The molecule has 0 spiro atoms. The smallest absolute Gasteiger partial charge is 0.309 e. The zero-order valence-electron chi connectivity index (χ0n) is 17.6. The molecule has 0 aliphatic carbocycles. The Morgan fingerprint density at radius 2 is 2.13 bits per heavy atom. The summed E-state index contributed by atoms with van der Waals surface area (Å²) in [6.07, 6.45) is 3.05. The minimum absolute atomic E-state index is 0.0197. The third kappa shape index (κ3) is 4.92. The summed E-state index contributed by atoms with van der Waals surface area (Å²) in [5, 5.41) is 8.12. The van der Waals surface area contributed by atoms with Crippen molar-refractivity contribution in [2.75, 3.05) is 25.0 Å². The van der Waals surface area contributed by atoms with Gasteiger partial charge in [0.05, 0.1) is 24.8 Å². The van der Waals surface area contributed by atoms with E-state index in [0.717, 1.165) is 41.4 Å². The summed E-state index contributed by atoms with van der Waals surface area (Å²) in [7, 11) is 0. The summed E-state index contributed by atoms with van der Waals surface area (Å²) >= 11 is 3.23. The van der Waals surface area contributed by atoms with Gasteiger partial charge < -0.3 is 14.5 Å². The first-order valence-electron chi connectivity index (χ1n) is 10.4. The minimum Gasteiger partial charge on any atom is -0.466 e. The molecule has 0 saturated carbocycles. The Labute approximate surface area is 189 Å². The van der Waals surface area contributed by atoms with E-state index in [4.69, 9.17) is 9.15 Å². The second kappa shape index (κ2) is 9.80. The van der Waals surface area contributed by atoms with Crippen LogP contribution in [-0.2, 0) is 9.53 Å². The van der Waals surface area contributed by atoms with Crippen LogP contribution in [-0.4, -0.2) is 36.5 Å². The molecule has 1 aliphatic heterocycles. The average molecular weight is 459 g/mol. The van der Waals surface area contributed by atoms with Gasteiger partial charge in [-0.25, -0.2) is 0 Å². The van der Waals surface area contributed by atoms with Crippen molar-refractivity contribution in [3.63, 3.8) is 0 Å². The summed E-state index contributed by atoms with van der Waals surface area (Å²) in [5.74, 6) is -0.0915. The Hall–Kier alpha value is -2.42. The van der Waals surface area contributed by atoms with Crippen LogP contribution < -0.4 is 5.32 Å². The molecule has 3 aromatic heterocycles. The number of hydrogen-bond donors (Lipinski definition) is 1. The summed E-state index contributed by atoms with van der Waals surface area (Å²) in [5.41, 5.74) is 2.28. The van der Waals surface area contributed by atoms with Gasteiger partial charge in [0.2, 0.25) is 0 Å². The predicted molar refractivity (Wildman–Crippen MR) is 123 cm³/mol. The minimum atomic E-state index is -0.252. The molecule has 4 rings (SSSR count). The van der Waals surface area contributed by atoms with Crippen molar-refractivity contribution in [2.45, 2.75) is 32.7 Å². The fourth-order valence-electron chi connectivity index (χ4n) is 4.08. The molecule has 0 aromatic carbocycles. The van der Waals surface area contributed by atoms with Gasteiger partial charge in [0.1, 0.15) is 5.00 Å². The molecule has 8 heteroatoms. The maximum absolute atomic E-state index is 12.6. The fourth-order valence-corrected chi connectivity index (χ4v) is 5.70. The lowest BCUT2D eigenvalue weighted by atomic mass is 9.92. The average Bonchev–Trinajstić information content (AvgIpc) is 3.52. The highest BCUT2D eigenvalue weighted by Gasteiger charge is 2.33. The SMILES string of the molecule is CCOC(=O)C1CCN(C(c2ccsc2)c2cc(C)sc2NC(=O)c2ccco2)CC1. The molecule has 31 heavy (non-hydrogen) atoms. The van der Waals surface area contributed by atoms with Gasteiger partial charge >= 0.3 is 5.97 Å². The highest BCUT2D eigenvalue weighted by Crippen LogP contribution is 2.41. The number of nitrogens with zero attached hydrogens (tertiary/aromatic N) is 1. The van der Waals surface area contributed by atoms with Crippen LogP contribution in [0.4, 0.5) is 5.00 Å². The van der Waals surface area contributed by atoms with Crippen LogP contribution in [0.5, 0.6) is 0 Å². The molecular weight excluding hydrogens is 432 g/mol. The number of furan rings is 1. The lowest BCUT2D eigenvalue weighted by Crippen LogP contribution is -2.39. The van der Waals surface area contributed by atoms with Crippen molar-refractivity contribution >= 4 is 39.6 Å². The number of aryl methyl sites for hydroxylation is 1. The molecule has 1 saturated heterocycles. The van der Waals surface area contributed by atoms with Crippen LogP contribution in [0.1, 0.15) is 52.4 Å². The maximum Gasteiger partial charge on any atom is 0.309 e. The number of likely N-dealkylation sites (tertiary alicyclic amines) is 1. The van der Waals surface area contributed by atoms with Crippen molar-refractivity contribution in [2.24, 2.45) is 5.92 Å². The second-order valence-electron chi connectivity index (χ2n) is 7.59. The van der Waals surface area contributed by atoms with Crippen molar-refractivity contribution in [1.29, 1.82) is 0 Å². The van der Waals surface area contributed by atoms with E-state index in [1.54, 1.807) is 34.8 Å². The Balaban J connectivity index is 1.58. The van der Waals surface area contributed by atoms with Crippen LogP contribution in [0.3, 0.4) is 0 Å². The van der Waals surface area contributed by atoms with E-state index >= 15 is 0 Å². The first kappa shape index (κ1) is 21.8. The number of amides is 1. The highest BCUT2D eigenvalue weighted by molar-refractivity contribution is 7.16. The van der Waals surface area contributed by atoms with E-state index in [0.29, 0.717) is 12.4 Å². The third-order valence-corrected chi connectivity index (χ3v) is 7.21. The number of carbonyl (C=O) groups is 2. The number of thiophene rings is 2. The molecule has 4 heterocycles. The molecule has 164 valence electrons. The summed E-state index contributed by atoms with van der Waals surface area (Å²) in [6, 6.07) is 7.68. The molecular formula is C23H26N2O4S2. The molecule has 1 unspecified atom stereocenters. The third-order valence-electron chi connectivity index (χ3n) is 5.52. The van der Waals surface area contributed by atoms with Crippen molar-refractivity contribution in [1.82, 2.24) is 4.90 Å². The molecule has 1 N–H and O–H groups in total. The quantitative estimate of drug-likeness (QED) is 0.485. The second-order valence-corrected chi connectivity index (χ2v) is 9.63. The maximum atomic E-state index is 12.6. The molecule has 6 nitrogen and oxygen atoms in total. The lowest BCUT2D eigenvalue weighted by Gasteiger charge is -2.37. The van der Waals surface area contributed by atoms with Crippen LogP contribution >= 0.6 is 22.7 Å². The van der Waals surface area contributed by atoms with Crippen molar-refractivity contribution < 1.29 is 18.7 Å². The van der Waals surface area contributed by atoms with E-state index in [1.807, 2.05) is 13.8 Å². The lowest BCUT2D eigenvalue weighted by molar-refractivity contribution is -0.149. The van der Waals surface area contributed by atoms with E-state index in [9.17, 15) is 9.59 Å². The van der Waals surface area contributed by atoms with Crippen LogP contribution in [0, 0.1) is 12.8 Å². The van der Waals surface area contributed by atoms with Gasteiger partial charge in [-0.05, 0) is 80.4 Å². The monoisotopic (exact) mass is 458 g/mol. The van der Waals surface area contributed by atoms with Crippen molar-refractivity contribution in [3.8, 4) is 0 Å². The van der Waals surface area contributed by atoms with E-state index < -0.39 is 0 Å². The molecule has 0 bridgehead atoms. The number of esters is 1. The van der Waals surface area contributed by atoms with Gasteiger partial charge in [-0.15, -0.1) is 11.3 Å². The number of nitrogens with one attached hydrogen (secondary N) is 1. The van der Waals surface area contributed by atoms with Crippen LogP contribution in [0.15, 0.2) is 45.7 Å². The topological polar surface area (TPSA) is 71.8 Å². The number of anilines is 1. The Morgan fingerprint density at radius 3 is 2.77 bits per heavy atom. The van der Waals surface area contributed by atoms with Gasteiger partial charge in [-0.1, -0.05) is 0 Å². The Bertz CT molecular complexity index is 1000. The van der Waals surface area contributed by atoms with Gasteiger partial charge in [-0.3, -0.25) is 14.5 Å². The normalized spacial score (nSPS) is 16.2. The van der Waals surface area contributed by atoms with Gasteiger partial charge in [-0.2, -0.15) is 11.3 Å². The zero-order valence-corrected chi connectivity index (χ0v) is 19.3.